The SMILES string of the molecule is COC(=O)c1ccnc(N2CCCOC(C)C2)c1N. The van der Waals surface area contributed by atoms with Crippen LogP contribution in [0.2, 0.25) is 0 Å². The van der Waals surface area contributed by atoms with E-state index in [1.807, 2.05) is 6.92 Å². The molecule has 19 heavy (non-hydrogen) atoms. The molecule has 1 fully saturated rings. The van der Waals surface area contributed by atoms with Crippen LogP contribution in [0.15, 0.2) is 12.3 Å². The van der Waals surface area contributed by atoms with Crippen molar-refractivity contribution >= 4 is 17.5 Å². The molecule has 2 rings (SSSR count). The van der Waals surface area contributed by atoms with Crippen molar-refractivity contribution in [3.05, 3.63) is 17.8 Å². The molecule has 1 unspecified atom stereocenters. The zero-order valence-electron chi connectivity index (χ0n) is 11.3. The molecule has 1 aliphatic heterocycles. The van der Waals surface area contributed by atoms with Crippen LogP contribution < -0.4 is 10.6 Å². The molecule has 0 saturated carbocycles. The molecule has 104 valence electrons. The number of nitrogens with zero attached hydrogens (tertiary/aromatic N) is 2. The fourth-order valence-electron chi connectivity index (χ4n) is 2.19. The van der Waals surface area contributed by atoms with Crippen molar-refractivity contribution < 1.29 is 14.3 Å². The number of anilines is 2. The number of esters is 1. The fraction of sp³-hybridized carbons (Fsp3) is 0.538. The topological polar surface area (TPSA) is 77.7 Å². The summed E-state index contributed by atoms with van der Waals surface area (Å²) in [5.74, 6) is 0.181. The molecule has 0 aromatic carbocycles. The Morgan fingerprint density at radius 1 is 1.63 bits per heavy atom. The molecule has 0 aliphatic carbocycles. The van der Waals surface area contributed by atoms with Crippen LogP contribution in [0.5, 0.6) is 0 Å². The average molecular weight is 265 g/mol. The van der Waals surface area contributed by atoms with E-state index in [0.29, 0.717) is 23.6 Å². The quantitative estimate of drug-likeness (QED) is 0.806. The first kappa shape index (κ1) is 13.6. The number of methoxy groups -OCH3 is 1. The Kier molecular flexibility index (Phi) is 4.21. The van der Waals surface area contributed by atoms with Gasteiger partial charge in [0.15, 0.2) is 5.82 Å². The van der Waals surface area contributed by atoms with Gasteiger partial charge in [0.05, 0.1) is 24.5 Å². The molecule has 0 bridgehead atoms. The highest BCUT2D eigenvalue weighted by Crippen LogP contribution is 2.26. The molecule has 1 atom stereocenters. The summed E-state index contributed by atoms with van der Waals surface area (Å²) in [4.78, 5) is 18.0. The van der Waals surface area contributed by atoms with Gasteiger partial charge in [0, 0.05) is 25.9 Å². The van der Waals surface area contributed by atoms with E-state index in [2.05, 4.69) is 9.88 Å². The Morgan fingerprint density at radius 2 is 2.42 bits per heavy atom. The molecule has 0 spiro atoms. The largest absolute Gasteiger partial charge is 0.465 e. The lowest BCUT2D eigenvalue weighted by molar-refractivity contribution is 0.0602. The highest BCUT2D eigenvalue weighted by Gasteiger charge is 2.21. The average Bonchev–Trinajstić information content (AvgIpc) is 2.63. The third-order valence-corrected chi connectivity index (χ3v) is 3.13. The van der Waals surface area contributed by atoms with Gasteiger partial charge in [-0.25, -0.2) is 9.78 Å². The van der Waals surface area contributed by atoms with E-state index in [9.17, 15) is 4.79 Å². The van der Waals surface area contributed by atoms with Gasteiger partial charge in [-0.1, -0.05) is 0 Å². The van der Waals surface area contributed by atoms with Gasteiger partial charge in [0.2, 0.25) is 0 Å². The van der Waals surface area contributed by atoms with Crippen LogP contribution >= 0.6 is 0 Å². The Balaban J connectivity index is 2.31. The molecule has 2 N–H and O–H groups in total. The number of aromatic nitrogens is 1. The van der Waals surface area contributed by atoms with E-state index in [4.69, 9.17) is 15.2 Å². The number of carbonyl (C=O) groups is 1. The summed E-state index contributed by atoms with van der Waals surface area (Å²) < 4.78 is 10.3. The summed E-state index contributed by atoms with van der Waals surface area (Å²) in [5, 5.41) is 0. The Morgan fingerprint density at radius 3 is 3.16 bits per heavy atom. The maximum atomic E-state index is 11.6. The fourth-order valence-corrected chi connectivity index (χ4v) is 2.19. The van der Waals surface area contributed by atoms with Crippen LogP contribution in [-0.2, 0) is 9.47 Å². The smallest absolute Gasteiger partial charge is 0.340 e. The second kappa shape index (κ2) is 5.88. The van der Waals surface area contributed by atoms with Crippen molar-refractivity contribution in [3.8, 4) is 0 Å². The van der Waals surface area contributed by atoms with Gasteiger partial charge in [-0.15, -0.1) is 0 Å². The van der Waals surface area contributed by atoms with Crippen molar-refractivity contribution in [2.45, 2.75) is 19.4 Å². The van der Waals surface area contributed by atoms with Gasteiger partial charge < -0.3 is 20.1 Å². The maximum Gasteiger partial charge on any atom is 0.340 e. The Hall–Kier alpha value is -1.82. The van der Waals surface area contributed by atoms with E-state index in [-0.39, 0.29) is 6.10 Å². The number of nitrogens with two attached hydrogens (primary N) is 1. The molecular formula is C13H19N3O3. The van der Waals surface area contributed by atoms with Crippen LogP contribution in [0.4, 0.5) is 11.5 Å². The highest BCUT2D eigenvalue weighted by atomic mass is 16.5. The van der Waals surface area contributed by atoms with Crippen LogP contribution in [-0.4, -0.2) is 43.9 Å². The molecule has 1 aromatic heterocycles. The van der Waals surface area contributed by atoms with Gasteiger partial charge in [0.25, 0.3) is 0 Å². The van der Waals surface area contributed by atoms with Crippen molar-refractivity contribution in [2.75, 3.05) is 37.4 Å². The van der Waals surface area contributed by atoms with Crippen molar-refractivity contribution in [2.24, 2.45) is 0 Å². The zero-order valence-corrected chi connectivity index (χ0v) is 11.3. The molecule has 1 saturated heterocycles. The Bertz CT molecular complexity index is 464. The maximum absolute atomic E-state index is 11.6. The first-order chi connectivity index (χ1) is 9.13. The lowest BCUT2D eigenvalue weighted by Gasteiger charge is -2.24. The monoisotopic (exact) mass is 265 g/mol. The van der Waals surface area contributed by atoms with E-state index in [0.717, 1.165) is 19.6 Å². The summed E-state index contributed by atoms with van der Waals surface area (Å²) in [6, 6.07) is 1.57. The first-order valence-corrected chi connectivity index (χ1v) is 6.33. The van der Waals surface area contributed by atoms with Crippen molar-refractivity contribution in [3.63, 3.8) is 0 Å². The van der Waals surface area contributed by atoms with Crippen LogP contribution in [0, 0.1) is 0 Å². The molecule has 0 radical (unpaired) electrons. The molecule has 1 aromatic rings. The standard InChI is InChI=1S/C13H19N3O3/c1-9-8-16(6-3-7-19-9)12-11(14)10(4-5-15-12)13(17)18-2/h4-5,9H,3,6-8,14H2,1-2H3. The summed E-state index contributed by atoms with van der Waals surface area (Å²) in [7, 11) is 1.34. The number of rotatable bonds is 2. The Labute approximate surface area is 112 Å². The van der Waals surface area contributed by atoms with E-state index < -0.39 is 5.97 Å². The molecule has 0 amide bonds. The van der Waals surface area contributed by atoms with Crippen LogP contribution in [0.25, 0.3) is 0 Å². The summed E-state index contributed by atoms with van der Waals surface area (Å²) in [6.07, 6.45) is 2.60. The minimum atomic E-state index is -0.444. The van der Waals surface area contributed by atoms with Gasteiger partial charge in [-0.05, 0) is 19.4 Å². The lowest BCUT2D eigenvalue weighted by atomic mass is 10.2. The van der Waals surface area contributed by atoms with Gasteiger partial charge in [0.1, 0.15) is 0 Å². The lowest BCUT2D eigenvalue weighted by Crippen LogP contribution is -2.31. The number of carbonyl (C=O) groups excluding carboxylic acids is 1. The van der Waals surface area contributed by atoms with Gasteiger partial charge >= 0.3 is 5.97 Å². The molecule has 6 heteroatoms. The predicted octanol–water partition coefficient (Wildman–Crippen LogP) is 1.07. The molecule has 1 aliphatic rings. The third kappa shape index (κ3) is 2.96. The summed E-state index contributed by atoms with van der Waals surface area (Å²) in [6.45, 7) is 4.26. The molecule has 2 heterocycles. The normalized spacial score (nSPS) is 19.9. The van der Waals surface area contributed by atoms with E-state index in [1.54, 1.807) is 12.3 Å². The number of nitrogen functional groups attached to an aromatic ring is 1. The summed E-state index contributed by atoms with van der Waals surface area (Å²) in [5.41, 5.74) is 6.76. The highest BCUT2D eigenvalue weighted by molar-refractivity contribution is 5.97. The minimum absolute atomic E-state index is 0.116. The van der Waals surface area contributed by atoms with E-state index >= 15 is 0 Å². The van der Waals surface area contributed by atoms with E-state index in [1.165, 1.54) is 7.11 Å². The second-order valence-corrected chi connectivity index (χ2v) is 4.57. The van der Waals surface area contributed by atoms with Crippen LogP contribution in [0.1, 0.15) is 23.7 Å². The van der Waals surface area contributed by atoms with Gasteiger partial charge in [-0.2, -0.15) is 0 Å². The second-order valence-electron chi connectivity index (χ2n) is 4.57. The molecular weight excluding hydrogens is 246 g/mol. The molecule has 6 nitrogen and oxygen atoms in total. The number of hydrogen-bond donors (Lipinski definition) is 1. The first-order valence-electron chi connectivity index (χ1n) is 6.33. The zero-order chi connectivity index (χ0) is 13.8. The number of ether oxygens (including phenoxy) is 2. The van der Waals surface area contributed by atoms with Gasteiger partial charge in [-0.3, -0.25) is 0 Å². The third-order valence-electron chi connectivity index (χ3n) is 3.13. The number of hydrogen-bond acceptors (Lipinski definition) is 6. The van der Waals surface area contributed by atoms with Crippen LogP contribution in [0.3, 0.4) is 0 Å². The number of pyridine rings is 1. The minimum Gasteiger partial charge on any atom is -0.465 e. The predicted molar refractivity (Wildman–Crippen MR) is 72.2 cm³/mol. The summed E-state index contributed by atoms with van der Waals surface area (Å²) >= 11 is 0. The van der Waals surface area contributed by atoms with Crippen molar-refractivity contribution in [1.29, 1.82) is 0 Å². The van der Waals surface area contributed by atoms with Crippen molar-refractivity contribution in [1.82, 2.24) is 4.98 Å².